The van der Waals surface area contributed by atoms with Crippen LogP contribution in [0.5, 0.6) is 0 Å². The second-order valence-electron chi connectivity index (χ2n) is 3.21. The van der Waals surface area contributed by atoms with Crippen LogP contribution in [0.1, 0.15) is 26.7 Å². The maximum atomic E-state index is 5.50. The van der Waals surface area contributed by atoms with Gasteiger partial charge in [-0.05, 0) is 32.9 Å². The van der Waals surface area contributed by atoms with Crippen LogP contribution >= 0.6 is 0 Å². The lowest BCUT2D eigenvalue weighted by molar-refractivity contribution is 0.0228. The Labute approximate surface area is 81.8 Å². The van der Waals surface area contributed by atoms with E-state index >= 15 is 0 Å². The zero-order chi connectivity index (χ0) is 9.94. The summed E-state index contributed by atoms with van der Waals surface area (Å²) in [7, 11) is 1.69. The molecule has 0 amide bonds. The SMILES string of the molecule is CCCNCCC(C)OCCOC. The number of rotatable bonds is 9. The van der Waals surface area contributed by atoms with Gasteiger partial charge in [-0.25, -0.2) is 0 Å². The van der Waals surface area contributed by atoms with Crippen molar-refractivity contribution in [2.75, 3.05) is 33.4 Å². The van der Waals surface area contributed by atoms with Crippen LogP contribution in [0.2, 0.25) is 0 Å². The molecule has 0 spiro atoms. The van der Waals surface area contributed by atoms with E-state index in [1.165, 1.54) is 6.42 Å². The molecule has 1 atom stereocenters. The van der Waals surface area contributed by atoms with Crippen molar-refractivity contribution < 1.29 is 9.47 Å². The van der Waals surface area contributed by atoms with E-state index in [9.17, 15) is 0 Å². The summed E-state index contributed by atoms with van der Waals surface area (Å²) in [6.45, 7) is 7.81. The van der Waals surface area contributed by atoms with Crippen molar-refractivity contribution >= 4 is 0 Å². The van der Waals surface area contributed by atoms with Gasteiger partial charge in [-0.3, -0.25) is 0 Å². The van der Waals surface area contributed by atoms with Crippen LogP contribution in [0.4, 0.5) is 0 Å². The Hall–Kier alpha value is -0.120. The molecule has 1 N–H and O–H groups in total. The quantitative estimate of drug-likeness (QED) is 0.557. The highest BCUT2D eigenvalue weighted by Gasteiger charge is 2.00. The topological polar surface area (TPSA) is 30.5 Å². The molecular formula is C10H23NO2. The third-order valence-electron chi connectivity index (χ3n) is 1.84. The molecule has 0 rings (SSSR count). The Balaban J connectivity index is 3.05. The average Bonchev–Trinajstić information content (AvgIpc) is 2.13. The molecule has 0 aromatic carbocycles. The predicted molar refractivity (Wildman–Crippen MR) is 55.1 cm³/mol. The fourth-order valence-electron chi connectivity index (χ4n) is 1.02. The number of hydrogen-bond acceptors (Lipinski definition) is 3. The molecule has 3 nitrogen and oxygen atoms in total. The van der Waals surface area contributed by atoms with Crippen molar-refractivity contribution in [2.24, 2.45) is 0 Å². The predicted octanol–water partition coefficient (Wildman–Crippen LogP) is 1.43. The maximum Gasteiger partial charge on any atom is 0.0703 e. The van der Waals surface area contributed by atoms with E-state index in [2.05, 4.69) is 19.2 Å². The van der Waals surface area contributed by atoms with Gasteiger partial charge in [-0.2, -0.15) is 0 Å². The molecule has 0 aliphatic heterocycles. The first-order valence-corrected chi connectivity index (χ1v) is 5.12. The highest BCUT2D eigenvalue weighted by Crippen LogP contribution is 1.95. The van der Waals surface area contributed by atoms with Crippen molar-refractivity contribution in [3.8, 4) is 0 Å². The highest BCUT2D eigenvalue weighted by atomic mass is 16.5. The van der Waals surface area contributed by atoms with Crippen LogP contribution < -0.4 is 5.32 Å². The fraction of sp³-hybridized carbons (Fsp3) is 1.00. The molecule has 3 heteroatoms. The first-order valence-electron chi connectivity index (χ1n) is 5.12. The summed E-state index contributed by atoms with van der Waals surface area (Å²) in [6.07, 6.45) is 2.60. The molecular weight excluding hydrogens is 166 g/mol. The van der Waals surface area contributed by atoms with Crippen LogP contribution in [0, 0.1) is 0 Å². The van der Waals surface area contributed by atoms with Crippen molar-refractivity contribution in [3.63, 3.8) is 0 Å². The summed E-state index contributed by atoms with van der Waals surface area (Å²) in [4.78, 5) is 0. The second-order valence-corrected chi connectivity index (χ2v) is 3.21. The molecule has 1 unspecified atom stereocenters. The lowest BCUT2D eigenvalue weighted by Gasteiger charge is -2.12. The molecule has 0 saturated carbocycles. The van der Waals surface area contributed by atoms with Gasteiger partial charge in [0.25, 0.3) is 0 Å². The monoisotopic (exact) mass is 189 g/mol. The van der Waals surface area contributed by atoms with Crippen LogP contribution in [-0.4, -0.2) is 39.5 Å². The van der Waals surface area contributed by atoms with E-state index in [1.807, 2.05) is 0 Å². The zero-order valence-corrected chi connectivity index (χ0v) is 9.14. The third kappa shape index (κ3) is 9.80. The van der Waals surface area contributed by atoms with Crippen LogP contribution in [-0.2, 0) is 9.47 Å². The summed E-state index contributed by atoms with van der Waals surface area (Å²) in [5, 5.41) is 3.35. The van der Waals surface area contributed by atoms with Crippen molar-refractivity contribution in [3.05, 3.63) is 0 Å². The summed E-state index contributed by atoms with van der Waals surface area (Å²) in [6, 6.07) is 0. The standard InChI is InChI=1S/C10H23NO2/c1-4-6-11-7-5-10(2)13-9-8-12-3/h10-11H,4-9H2,1-3H3. The van der Waals surface area contributed by atoms with Crippen LogP contribution in [0.15, 0.2) is 0 Å². The van der Waals surface area contributed by atoms with Crippen LogP contribution in [0.25, 0.3) is 0 Å². The lowest BCUT2D eigenvalue weighted by Crippen LogP contribution is -2.22. The van der Waals surface area contributed by atoms with Gasteiger partial charge in [0, 0.05) is 7.11 Å². The number of nitrogens with one attached hydrogen (secondary N) is 1. The van der Waals surface area contributed by atoms with E-state index in [-0.39, 0.29) is 0 Å². The van der Waals surface area contributed by atoms with Crippen LogP contribution in [0.3, 0.4) is 0 Å². The first-order chi connectivity index (χ1) is 6.31. The first kappa shape index (κ1) is 12.9. The van der Waals surface area contributed by atoms with Gasteiger partial charge in [0.1, 0.15) is 0 Å². The minimum atomic E-state index is 0.333. The molecule has 13 heavy (non-hydrogen) atoms. The van der Waals surface area contributed by atoms with Crippen molar-refractivity contribution in [1.82, 2.24) is 5.32 Å². The summed E-state index contributed by atoms with van der Waals surface area (Å²) >= 11 is 0. The Kier molecular flexibility index (Phi) is 9.87. The van der Waals surface area contributed by atoms with Gasteiger partial charge in [-0.1, -0.05) is 6.92 Å². The molecule has 0 aromatic heterocycles. The van der Waals surface area contributed by atoms with Gasteiger partial charge in [-0.15, -0.1) is 0 Å². The summed E-state index contributed by atoms with van der Waals surface area (Å²) in [5.41, 5.74) is 0. The normalized spacial score (nSPS) is 13.2. The zero-order valence-electron chi connectivity index (χ0n) is 9.14. The minimum Gasteiger partial charge on any atom is -0.382 e. The smallest absolute Gasteiger partial charge is 0.0703 e. The van der Waals surface area contributed by atoms with E-state index in [4.69, 9.17) is 9.47 Å². The van der Waals surface area contributed by atoms with Crippen molar-refractivity contribution in [2.45, 2.75) is 32.8 Å². The Bertz CT molecular complexity index is 98.9. The van der Waals surface area contributed by atoms with E-state index in [0.717, 1.165) is 19.5 Å². The molecule has 0 aliphatic carbocycles. The summed E-state index contributed by atoms with van der Waals surface area (Å²) in [5.74, 6) is 0. The third-order valence-corrected chi connectivity index (χ3v) is 1.84. The molecule has 0 radical (unpaired) electrons. The highest BCUT2D eigenvalue weighted by molar-refractivity contribution is 4.53. The Morgan fingerprint density at radius 1 is 1.23 bits per heavy atom. The van der Waals surface area contributed by atoms with Gasteiger partial charge < -0.3 is 14.8 Å². The van der Waals surface area contributed by atoms with Gasteiger partial charge in [0.2, 0.25) is 0 Å². The molecule has 0 aromatic rings. The number of methoxy groups -OCH3 is 1. The van der Waals surface area contributed by atoms with Crippen molar-refractivity contribution in [1.29, 1.82) is 0 Å². The molecule has 0 fully saturated rings. The Morgan fingerprint density at radius 2 is 2.00 bits per heavy atom. The second kappa shape index (κ2) is 9.96. The van der Waals surface area contributed by atoms with Gasteiger partial charge in [0.15, 0.2) is 0 Å². The Morgan fingerprint density at radius 3 is 2.62 bits per heavy atom. The molecule has 0 aliphatic rings. The number of hydrogen-bond donors (Lipinski definition) is 1. The lowest BCUT2D eigenvalue weighted by atomic mass is 10.3. The largest absolute Gasteiger partial charge is 0.382 e. The maximum absolute atomic E-state index is 5.50. The molecule has 0 bridgehead atoms. The van der Waals surface area contributed by atoms with Gasteiger partial charge >= 0.3 is 0 Å². The average molecular weight is 189 g/mol. The number of ether oxygens (including phenoxy) is 2. The molecule has 0 heterocycles. The molecule has 80 valence electrons. The van der Waals surface area contributed by atoms with Gasteiger partial charge in [0.05, 0.1) is 19.3 Å². The molecule has 0 saturated heterocycles. The van der Waals surface area contributed by atoms with E-state index < -0.39 is 0 Å². The summed E-state index contributed by atoms with van der Waals surface area (Å²) < 4.78 is 10.4. The van der Waals surface area contributed by atoms with E-state index in [0.29, 0.717) is 19.3 Å². The minimum absolute atomic E-state index is 0.333. The fourth-order valence-corrected chi connectivity index (χ4v) is 1.02. The van der Waals surface area contributed by atoms with E-state index in [1.54, 1.807) is 7.11 Å².